The SMILES string of the molecule is CC(C)c1c(-c2cn3ccnc3cc2Cl)[nH]c2ccc(C3CCNCC3)cc12. The molecule has 0 bridgehead atoms. The molecule has 5 heteroatoms. The Morgan fingerprint density at radius 1 is 1.18 bits per heavy atom. The van der Waals surface area contributed by atoms with Crippen LogP contribution in [0.25, 0.3) is 27.8 Å². The smallest absolute Gasteiger partial charge is 0.138 e. The van der Waals surface area contributed by atoms with Crippen molar-refractivity contribution in [1.29, 1.82) is 0 Å². The van der Waals surface area contributed by atoms with Crippen molar-refractivity contribution in [3.63, 3.8) is 0 Å². The second-order valence-electron chi connectivity index (χ2n) is 8.13. The maximum absolute atomic E-state index is 6.67. The fraction of sp³-hybridized carbons (Fsp3) is 0.348. The molecule has 0 spiro atoms. The van der Waals surface area contributed by atoms with Gasteiger partial charge in [-0.25, -0.2) is 4.98 Å². The highest BCUT2D eigenvalue weighted by Gasteiger charge is 2.21. The van der Waals surface area contributed by atoms with Gasteiger partial charge in [0.05, 0.1) is 10.7 Å². The van der Waals surface area contributed by atoms with Crippen molar-refractivity contribution in [2.45, 2.75) is 38.5 Å². The van der Waals surface area contributed by atoms with Crippen molar-refractivity contribution < 1.29 is 0 Å². The van der Waals surface area contributed by atoms with Crippen LogP contribution < -0.4 is 5.32 Å². The van der Waals surface area contributed by atoms with Crippen LogP contribution in [-0.4, -0.2) is 27.5 Å². The predicted octanol–water partition coefficient (Wildman–Crippen LogP) is 5.73. The number of hydrogen-bond donors (Lipinski definition) is 2. The van der Waals surface area contributed by atoms with Crippen molar-refractivity contribution in [2.24, 2.45) is 0 Å². The summed E-state index contributed by atoms with van der Waals surface area (Å²) >= 11 is 6.67. The fourth-order valence-corrected chi connectivity index (χ4v) is 4.81. The standard InChI is InChI=1S/C23H25ClN4/c1-14(2)22-17-11-16(15-5-7-25-8-6-15)3-4-20(17)27-23(22)18-13-28-10-9-26-21(28)12-19(18)24/h3-4,9-15,25,27H,5-8H2,1-2H3. The third-order valence-electron chi connectivity index (χ3n) is 6.00. The number of aromatic nitrogens is 3. The van der Waals surface area contributed by atoms with Crippen LogP contribution in [0.15, 0.2) is 42.9 Å². The largest absolute Gasteiger partial charge is 0.354 e. The van der Waals surface area contributed by atoms with E-state index in [2.05, 4.69) is 53.5 Å². The second kappa shape index (κ2) is 6.94. The third-order valence-corrected chi connectivity index (χ3v) is 6.31. The Morgan fingerprint density at radius 2 is 2.00 bits per heavy atom. The number of nitrogens with one attached hydrogen (secondary N) is 2. The molecular weight excluding hydrogens is 368 g/mol. The summed E-state index contributed by atoms with van der Waals surface area (Å²) in [6, 6.07) is 8.88. The first-order valence-electron chi connectivity index (χ1n) is 10.1. The Labute approximate surface area is 169 Å². The van der Waals surface area contributed by atoms with Gasteiger partial charge in [-0.1, -0.05) is 31.5 Å². The van der Waals surface area contributed by atoms with E-state index in [4.69, 9.17) is 11.6 Å². The summed E-state index contributed by atoms with van der Waals surface area (Å²) in [6.07, 6.45) is 8.26. The molecule has 1 aromatic carbocycles. The number of aromatic amines is 1. The van der Waals surface area contributed by atoms with E-state index in [0.29, 0.717) is 11.8 Å². The van der Waals surface area contributed by atoms with E-state index in [1.807, 2.05) is 16.7 Å². The van der Waals surface area contributed by atoms with E-state index in [1.165, 1.54) is 34.9 Å². The average Bonchev–Trinajstić information content (AvgIpc) is 3.30. The molecule has 0 atom stereocenters. The monoisotopic (exact) mass is 392 g/mol. The first-order valence-corrected chi connectivity index (χ1v) is 10.5. The van der Waals surface area contributed by atoms with Crippen molar-refractivity contribution in [3.05, 3.63) is 59.0 Å². The highest BCUT2D eigenvalue weighted by atomic mass is 35.5. The molecule has 1 saturated heterocycles. The summed E-state index contributed by atoms with van der Waals surface area (Å²) in [4.78, 5) is 8.00. The normalized spacial score (nSPS) is 15.9. The number of benzene rings is 1. The van der Waals surface area contributed by atoms with Crippen LogP contribution in [-0.2, 0) is 0 Å². The first kappa shape index (κ1) is 17.8. The molecule has 4 aromatic rings. The molecule has 2 N–H and O–H groups in total. The summed E-state index contributed by atoms with van der Waals surface area (Å²) < 4.78 is 2.03. The van der Waals surface area contributed by atoms with Crippen LogP contribution in [0.4, 0.5) is 0 Å². The van der Waals surface area contributed by atoms with Crippen molar-refractivity contribution in [3.8, 4) is 11.3 Å². The number of imidazole rings is 1. The van der Waals surface area contributed by atoms with Gasteiger partial charge in [-0.2, -0.15) is 0 Å². The third kappa shape index (κ3) is 2.92. The van der Waals surface area contributed by atoms with E-state index in [-0.39, 0.29) is 0 Å². The number of fused-ring (bicyclic) bond motifs is 2. The molecule has 4 nitrogen and oxygen atoms in total. The van der Waals surface area contributed by atoms with Crippen LogP contribution in [0.2, 0.25) is 5.02 Å². The molecule has 28 heavy (non-hydrogen) atoms. The van der Waals surface area contributed by atoms with Gasteiger partial charge in [0.15, 0.2) is 0 Å². The van der Waals surface area contributed by atoms with Crippen molar-refractivity contribution in [2.75, 3.05) is 13.1 Å². The maximum atomic E-state index is 6.67. The first-order chi connectivity index (χ1) is 13.6. The molecule has 1 aliphatic rings. The minimum atomic E-state index is 0.390. The lowest BCUT2D eigenvalue weighted by Crippen LogP contribution is -2.26. The summed E-state index contributed by atoms with van der Waals surface area (Å²) in [6.45, 7) is 6.73. The lowest BCUT2D eigenvalue weighted by molar-refractivity contribution is 0.460. The van der Waals surface area contributed by atoms with E-state index in [0.717, 1.165) is 35.0 Å². The van der Waals surface area contributed by atoms with Crippen LogP contribution in [0, 0.1) is 0 Å². The van der Waals surface area contributed by atoms with Crippen LogP contribution >= 0.6 is 11.6 Å². The maximum Gasteiger partial charge on any atom is 0.138 e. The van der Waals surface area contributed by atoms with E-state index in [9.17, 15) is 0 Å². The van der Waals surface area contributed by atoms with Gasteiger partial charge in [-0.3, -0.25) is 0 Å². The zero-order chi connectivity index (χ0) is 19.3. The van der Waals surface area contributed by atoms with Crippen LogP contribution in [0.1, 0.15) is 49.7 Å². The van der Waals surface area contributed by atoms with Gasteiger partial charge in [0, 0.05) is 41.1 Å². The predicted molar refractivity (Wildman–Crippen MR) is 116 cm³/mol. The van der Waals surface area contributed by atoms with Crippen molar-refractivity contribution >= 4 is 28.2 Å². The Morgan fingerprint density at radius 3 is 2.79 bits per heavy atom. The topological polar surface area (TPSA) is 45.1 Å². The van der Waals surface area contributed by atoms with Gasteiger partial charge >= 0.3 is 0 Å². The number of H-pyrrole nitrogens is 1. The summed E-state index contributed by atoms with van der Waals surface area (Å²) in [5.74, 6) is 1.04. The molecule has 0 amide bonds. The Hall–Kier alpha value is -2.30. The Balaban J connectivity index is 1.69. The molecule has 144 valence electrons. The number of hydrogen-bond acceptors (Lipinski definition) is 2. The van der Waals surface area contributed by atoms with E-state index < -0.39 is 0 Å². The Kier molecular flexibility index (Phi) is 4.41. The number of nitrogens with zero attached hydrogens (tertiary/aromatic N) is 2. The molecule has 0 radical (unpaired) electrons. The molecule has 3 aromatic heterocycles. The van der Waals surface area contributed by atoms with Gasteiger partial charge in [-0.05, 0) is 61.0 Å². The van der Waals surface area contributed by atoms with Gasteiger partial charge in [0.2, 0.25) is 0 Å². The second-order valence-corrected chi connectivity index (χ2v) is 8.53. The quantitative estimate of drug-likeness (QED) is 0.468. The number of pyridine rings is 1. The van der Waals surface area contributed by atoms with Crippen LogP contribution in [0.5, 0.6) is 0 Å². The molecule has 0 aliphatic carbocycles. The van der Waals surface area contributed by atoms with Gasteiger partial charge in [-0.15, -0.1) is 0 Å². The highest BCUT2D eigenvalue weighted by Crippen LogP contribution is 2.40. The molecule has 4 heterocycles. The number of rotatable bonds is 3. The molecule has 0 unspecified atom stereocenters. The fourth-order valence-electron chi connectivity index (χ4n) is 4.57. The lowest BCUT2D eigenvalue weighted by atomic mass is 9.88. The van der Waals surface area contributed by atoms with E-state index in [1.54, 1.807) is 6.20 Å². The minimum absolute atomic E-state index is 0.390. The molecule has 5 rings (SSSR count). The molecular formula is C23H25ClN4. The summed E-state index contributed by atoms with van der Waals surface area (Å²) in [5.41, 5.74) is 6.98. The molecule has 1 aliphatic heterocycles. The number of halogens is 1. The van der Waals surface area contributed by atoms with Crippen molar-refractivity contribution in [1.82, 2.24) is 19.7 Å². The lowest BCUT2D eigenvalue weighted by Gasteiger charge is -2.23. The van der Waals surface area contributed by atoms with Crippen LogP contribution in [0.3, 0.4) is 0 Å². The average molecular weight is 393 g/mol. The zero-order valence-corrected chi connectivity index (χ0v) is 17.1. The van der Waals surface area contributed by atoms with E-state index >= 15 is 0 Å². The summed E-state index contributed by atoms with van der Waals surface area (Å²) in [5, 5.41) is 5.52. The zero-order valence-electron chi connectivity index (χ0n) is 16.3. The Bertz CT molecular complexity index is 1150. The molecule has 1 fully saturated rings. The highest BCUT2D eigenvalue weighted by molar-refractivity contribution is 6.33. The van der Waals surface area contributed by atoms with Gasteiger partial charge < -0.3 is 14.7 Å². The number of piperidine rings is 1. The minimum Gasteiger partial charge on any atom is -0.354 e. The van der Waals surface area contributed by atoms with Gasteiger partial charge in [0.1, 0.15) is 5.65 Å². The molecule has 0 saturated carbocycles. The van der Waals surface area contributed by atoms with Gasteiger partial charge in [0.25, 0.3) is 0 Å². The summed E-state index contributed by atoms with van der Waals surface area (Å²) in [7, 11) is 0.